The number of halogens is 3. The third-order valence-corrected chi connectivity index (χ3v) is 4.28. The summed E-state index contributed by atoms with van der Waals surface area (Å²) in [6.45, 7) is 6.48. The molecule has 0 N–H and O–H groups in total. The van der Waals surface area contributed by atoms with Crippen molar-refractivity contribution in [1.29, 1.82) is 0 Å². The molecule has 0 aliphatic carbocycles. The summed E-state index contributed by atoms with van der Waals surface area (Å²) in [7, 11) is 0. The zero-order valence-electron chi connectivity index (χ0n) is 11.8. The lowest BCUT2D eigenvalue weighted by atomic mass is 9.86. The highest BCUT2D eigenvalue weighted by Gasteiger charge is 2.18. The highest BCUT2D eigenvalue weighted by molar-refractivity contribution is 9.10. The van der Waals surface area contributed by atoms with E-state index < -0.39 is 5.38 Å². The van der Waals surface area contributed by atoms with E-state index in [1.54, 1.807) is 12.1 Å². The summed E-state index contributed by atoms with van der Waals surface area (Å²) in [5.74, 6) is -0.284. The fraction of sp³-hybridized carbons (Fsp3) is 0.294. The Labute approximate surface area is 133 Å². The standard InChI is InChI=1S/C17H17BrClF/c1-17(2,3)12-6-4-11(5-7-12)16(19)14-10-13(18)8-9-15(14)20/h4-10,16H,1-3H3. The number of hydrogen-bond acceptors (Lipinski definition) is 0. The Hall–Kier alpha value is -0.860. The van der Waals surface area contributed by atoms with Gasteiger partial charge in [0.15, 0.2) is 0 Å². The molecular formula is C17H17BrClF. The molecule has 3 heteroatoms. The van der Waals surface area contributed by atoms with E-state index in [1.807, 2.05) is 12.1 Å². The molecule has 1 atom stereocenters. The first-order valence-corrected chi connectivity index (χ1v) is 7.71. The highest BCUT2D eigenvalue weighted by Crippen LogP contribution is 2.33. The van der Waals surface area contributed by atoms with Crippen molar-refractivity contribution in [2.24, 2.45) is 0 Å². The van der Waals surface area contributed by atoms with Gasteiger partial charge in [0.2, 0.25) is 0 Å². The van der Waals surface area contributed by atoms with Gasteiger partial charge in [-0.2, -0.15) is 0 Å². The fourth-order valence-corrected chi connectivity index (χ4v) is 2.73. The van der Waals surface area contributed by atoms with Gasteiger partial charge in [-0.15, -0.1) is 11.6 Å². The average Bonchev–Trinajstić information content (AvgIpc) is 2.40. The molecule has 2 rings (SSSR count). The molecule has 0 nitrogen and oxygen atoms in total. The zero-order valence-corrected chi connectivity index (χ0v) is 14.1. The summed E-state index contributed by atoms with van der Waals surface area (Å²) >= 11 is 9.76. The summed E-state index contributed by atoms with van der Waals surface area (Å²) < 4.78 is 14.7. The van der Waals surface area contributed by atoms with Gasteiger partial charge in [-0.25, -0.2) is 4.39 Å². The Kier molecular flexibility index (Phi) is 4.55. The van der Waals surface area contributed by atoms with Crippen molar-refractivity contribution in [3.63, 3.8) is 0 Å². The molecule has 0 amide bonds. The van der Waals surface area contributed by atoms with Crippen LogP contribution in [0.2, 0.25) is 0 Å². The normalized spacial score (nSPS) is 13.3. The second kappa shape index (κ2) is 5.87. The second-order valence-corrected chi connectivity index (χ2v) is 7.25. The molecule has 2 aromatic rings. The molecule has 2 aromatic carbocycles. The zero-order chi connectivity index (χ0) is 14.9. The minimum absolute atomic E-state index is 0.0986. The second-order valence-electron chi connectivity index (χ2n) is 5.90. The minimum Gasteiger partial charge on any atom is -0.207 e. The van der Waals surface area contributed by atoms with Gasteiger partial charge in [0.05, 0.1) is 5.38 Å². The van der Waals surface area contributed by atoms with E-state index in [1.165, 1.54) is 11.6 Å². The molecule has 0 spiro atoms. The topological polar surface area (TPSA) is 0 Å². The fourth-order valence-electron chi connectivity index (χ4n) is 2.04. The van der Waals surface area contributed by atoms with Crippen molar-refractivity contribution in [1.82, 2.24) is 0 Å². The molecule has 1 unspecified atom stereocenters. The van der Waals surface area contributed by atoms with Crippen LogP contribution in [0.25, 0.3) is 0 Å². The van der Waals surface area contributed by atoms with Gasteiger partial charge >= 0.3 is 0 Å². The van der Waals surface area contributed by atoms with Crippen molar-refractivity contribution in [2.45, 2.75) is 31.6 Å². The molecule has 20 heavy (non-hydrogen) atoms. The lowest BCUT2D eigenvalue weighted by Crippen LogP contribution is -2.10. The molecule has 0 aromatic heterocycles. The Morgan fingerprint density at radius 3 is 2.20 bits per heavy atom. The predicted molar refractivity (Wildman–Crippen MR) is 86.9 cm³/mol. The van der Waals surface area contributed by atoms with E-state index in [0.29, 0.717) is 5.56 Å². The predicted octanol–water partition coefficient (Wildman–Crippen LogP) is 6.21. The summed E-state index contributed by atoms with van der Waals surface area (Å²) in [5, 5.41) is -0.485. The van der Waals surface area contributed by atoms with Crippen LogP contribution in [-0.4, -0.2) is 0 Å². The van der Waals surface area contributed by atoms with Crippen LogP contribution in [0, 0.1) is 5.82 Å². The van der Waals surface area contributed by atoms with Gasteiger partial charge in [-0.05, 0) is 34.7 Å². The molecule has 0 saturated carbocycles. The molecule has 106 valence electrons. The minimum atomic E-state index is -0.485. The van der Waals surface area contributed by atoms with Crippen LogP contribution in [0.1, 0.15) is 42.8 Å². The van der Waals surface area contributed by atoms with Gasteiger partial charge < -0.3 is 0 Å². The van der Waals surface area contributed by atoms with Gasteiger partial charge in [-0.3, -0.25) is 0 Å². The number of hydrogen-bond donors (Lipinski definition) is 0. The third-order valence-electron chi connectivity index (χ3n) is 3.30. The summed E-state index contributed by atoms with van der Waals surface area (Å²) in [5.41, 5.74) is 2.72. The van der Waals surface area contributed by atoms with Crippen LogP contribution in [0.4, 0.5) is 4.39 Å². The third kappa shape index (κ3) is 3.42. The van der Waals surface area contributed by atoms with Gasteiger partial charge in [0, 0.05) is 10.0 Å². The van der Waals surface area contributed by atoms with Crippen LogP contribution in [0.15, 0.2) is 46.9 Å². The van der Waals surface area contributed by atoms with Crippen molar-refractivity contribution in [3.05, 3.63) is 69.4 Å². The first-order valence-electron chi connectivity index (χ1n) is 6.48. The first-order chi connectivity index (χ1) is 9.29. The van der Waals surface area contributed by atoms with Crippen molar-refractivity contribution in [2.75, 3.05) is 0 Å². The molecule has 0 fully saturated rings. The van der Waals surface area contributed by atoms with E-state index in [9.17, 15) is 4.39 Å². The molecule has 0 aliphatic heterocycles. The Morgan fingerprint density at radius 2 is 1.65 bits per heavy atom. The lowest BCUT2D eigenvalue weighted by molar-refractivity contribution is 0.589. The first kappa shape index (κ1) is 15.5. The molecule has 0 bridgehead atoms. The summed E-state index contributed by atoms with van der Waals surface area (Å²) in [6.07, 6.45) is 0. The Bertz CT molecular complexity index is 599. The summed E-state index contributed by atoms with van der Waals surface area (Å²) in [6, 6.07) is 12.9. The number of rotatable bonds is 2. The van der Waals surface area contributed by atoms with Gasteiger partial charge in [-0.1, -0.05) is 61.0 Å². The average molecular weight is 356 g/mol. The Balaban J connectivity index is 2.34. The van der Waals surface area contributed by atoms with Gasteiger partial charge in [0.1, 0.15) is 5.82 Å². The maximum absolute atomic E-state index is 13.9. The smallest absolute Gasteiger partial charge is 0.128 e. The maximum atomic E-state index is 13.9. The van der Waals surface area contributed by atoms with Crippen LogP contribution in [0.5, 0.6) is 0 Å². The van der Waals surface area contributed by atoms with E-state index in [0.717, 1.165) is 10.0 Å². The van der Waals surface area contributed by atoms with Gasteiger partial charge in [0.25, 0.3) is 0 Å². The number of benzene rings is 2. The van der Waals surface area contributed by atoms with Crippen molar-refractivity contribution < 1.29 is 4.39 Å². The van der Waals surface area contributed by atoms with E-state index in [4.69, 9.17) is 11.6 Å². The highest BCUT2D eigenvalue weighted by atomic mass is 79.9. The van der Waals surface area contributed by atoms with E-state index in [2.05, 4.69) is 48.8 Å². The molecule has 0 radical (unpaired) electrons. The molecule has 0 saturated heterocycles. The van der Waals surface area contributed by atoms with Crippen LogP contribution in [0.3, 0.4) is 0 Å². The van der Waals surface area contributed by atoms with Crippen molar-refractivity contribution >= 4 is 27.5 Å². The maximum Gasteiger partial charge on any atom is 0.128 e. The lowest BCUT2D eigenvalue weighted by Gasteiger charge is -2.20. The largest absolute Gasteiger partial charge is 0.207 e. The SMILES string of the molecule is CC(C)(C)c1ccc(C(Cl)c2cc(Br)ccc2F)cc1. The molecular weight excluding hydrogens is 339 g/mol. The van der Waals surface area contributed by atoms with Crippen LogP contribution < -0.4 is 0 Å². The summed E-state index contributed by atoms with van der Waals surface area (Å²) in [4.78, 5) is 0. The quantitative estimate of drug-likeness (QED) is 0.561. The van der Waals surface area contributed by atoms with Crippen molar-refractivity contribution in [3.8, 4) is 0 Å². The monoisotopic (exact) mass is 354 g/mol. The molecule has 0 aliphatic rings. The Morgan fingerprint density at radius 1 is 1.05 bits per heavy atom. The molecule has 0 heterocycles. The van der Waals surface area contributed by atoms with E-state index >= 15 is 0 Å². The van der Waals surface area contributed by atoms with Crippen LogP contribution in [-0.2, 0) is 5.41 Å². The van der Waals surface area contributed by atoms with Crippen LogP contribution >= 0.6 is 27.5 Å². The van der Waals surface area contributed by atoms with E-state index in [-0.39, 0.29) is 11.2 Å². The number of alkyl halides is 1.